The Bertz CT molecular complexity index is 1230. The number of benzene rings is 2. The number of rotatable bonds is 7. The summed E-state index contributed by atoms with van der Waals surface area (Å²) in [4.78, 5) is 29.2. The molecule has 4 rings (SSSR count). The number of aliphatic hydroxyl groups is 1. The highest BCUT2D eigenvalue weighted by Gasteiger charge is 2.28. The van der Waals surface area contributed by atoms with Gasteiger partial charge in [0.1, 0.15) is 5.69 Å². The molecule has 9 heteroatoms. The predicted octanol–water partition coefficient (Wildman–Crippen LogP) is 1.88. The topological polar surface area (TPSA) is 123 Å². The van der Waals surface area contributed by atoms with Crippen molar-refractivity contribution in [1.82, 2.24) is 20.1 Å². The summed E-state index contributed by atoms with van der Waals surface area (Å²) in [7, 11) is 1.73. The first-order valence-corrected chi connectivity index (χ1v) is 10.5. The van der Waals surface area contributed by atoms with Crippen LogP contribution in [0.5, 0.6) is 0 Å². The van der Waals surface area contributed by atoms with Crippen molar-refractivity contribution in [3.05, 3.63) is 71.4 Å². The van der Waals surface area contributed by atoms with Gasteiger partial charge in [-0.3, -0.25) is 14.3 Å². The zero-order valence-electron chi connectivity index (χ0n) is 16.7. The fourth-order valence-electron chi connectivity index (χ4n) is 3.48. The first-order valence-electron chi connectivity index (χ1n) is 9.62. The Labute approximate surface area is 182 Å². The van der Waals surface area contributed by atoms with Crippen molar-refractivity contribution in [2.45, 2.75) is 18.6 Å². The van der Waals surface area contributed by atoms with Crippen LogP contribution in [0.25, 0.3) is 21.5 Å². The number of carbonyl (C=O) groups excluding carboxylic acids is 2. The smallest absolute Gasteiger partial charge is 0.255 e. The molecular formula is C22H21N5O3S. The molecule has 2 heterocycles. The third-order valence-corrected chi connectivity index (χ3v) is 5.85. The third kappa shape index (κ3) is 4.32. The van der Waals surface area contributed by atoms with E-state index in [1.807, 2.05) is 48.5 Å². The standard InChI is InChI=1S/C22H21N5O3S/c1-27-11-15(18(26-27)14-8-5-9-16-20(14)31-12-24-16)22(30)25-17(19(28)21(23)29)10-13-6-3-2-4-7-13/h2-9,11-12,17,19,28H,10H2,1H3,(H2,23,29)(H,25,30). The summed E-state index contributed by atoms with van der Waals surface area (Å²) >= 11 is 1.47. The van der Waals surface area contributed by atoms with Crippen LogP contribution >= 0.6 is 11.3 Å². The zero-order valence-corrected chi connectivity index (χ0v) is 17.5. The average molecular weight is 436 g/mol. The number of amides is 2. The number of primary amides is 1. The predicted molar refractivity (Wildman–Crippen MR) is 118 cm³/mol. The Morgan fingerprint density at radius 3 is 2.71 bits per heavy atom. The Morgan fingerprint density at radius 2 is 1.97 bits per heavy atom. The van der Waals surface area contributed by atoms with Gasteiger partial charge in [0.2, 0.25) is 5.91 Å². The molecule has 0 aliphatic heterocycles. The molecule has 4 N–H and O–H groups in total. The molecule has 2 aromatic carbocycles. The van der Waals surface area contributed by atoms with E-state index in [1.165, 1.54) is 11.3 Å². The van der Waals surface area contributed by atoms with Gasteiger partial charge in [-0.25, -0.2) is 4.98 Å². The maximum absolute atomic E-state index is 13.2. The number of hydrogen-bond donors (Lipinski definition) is 3. The molecule has 0 saturated carbocycles. The van der Waals surface area contributed by atoms with E-state index < -0.39 is 24.0 Å². The molecule has 0 aliphatic carbocycles. The van der Waals surface area contributed by atoms with Crippen LogP contribution in [-0.4, -0.2) is 43.8 Å². The molecule has 0 fully saturated rings. The molecular weight excluding hydrogens is 414 g/mol. The van der Waals surface area contributed by atoms with E-state index in [0.29, 0.717) is 11.3 Å². The number of carbonyl (C=O) groups is 2. The maximum Gasteiger partial charge on any atom is 0.255 e. The zero-order chi connectivity index (χ0) is 22.0. The van der Waals surface area contributed by atoms with Gasteiger partial charge in [-0.2, -0.15) is 5.10 Å². The van der Waals surface area contributed by atoms with Gasteiger partial charge in [0.15, 0.2) is 6.10 Å². The van der Waals surface area contributed by atoms with E-state index >= 15 is 0 Å². The van der Waals surface area contributed by atoms with Crippen LogP contribution < -0.4 is 11.1 Å². The second-order valence-electron chi connectivity index (χ2n) is 7.19. The molecule has 2 atom stereocenters. The number of thiazole rings is 1. The number of nitrogens with one attached hydrogen (secondary N) is 1. The largest absolute Gasteiger partial charge is 0.381 e. The lowest BCUT2D eigenvalue weighted by atomic mass is 10.00. The van der Waals surface area contributed by atoms with Crippen molar-refractivity contribution in [2.24, 2.45) is 12.8 Å². The van der Waals surface area contributed by atoms with Gasteiger partial charge in [-0.1, -0.05) is 42.5 Å². The molecule has 2 unspecified atom stereocenters. The van der Waals surface area contributed by atoms with Crippen LogP contribution in [0, 0.1) is 0 Å². The molecule has 8 nitrogen and oxygen atoms in total. The van der Waals surface area contributed by atoms with Crippen molar-refractivity contribution in [3.63, 3.8) is 0 Å². The summed E-state index contributed by atoms with van der Waals surface area (Å²) in [6.07, 6.45) is 0.325. The van der Waals surface area contributed by atoms with Crippen LogP contribution in [0.4, 0.5) is 0 Å². The van der Waals surface area contributed by atoms with Crippen LogP contribution in [0.2, 0.25) is 0 Å². The first-order chi connectivity index (χ1) is 14.9. The van der Waals surface area contributed by atoms with Crippen LogP contribution in [-0.2, 0) is 18.3 Å². The second kappa shape index (κ2) is 8.66. The number of hydrogen-bond acceptors (Lipinski definition) is 6. The van der Waals surface area contributed by atoms with Crippen molar-refractivity contribution < 1.29 is 14.7 Å². The van der Waals surface area contributed by atoms with E-state index in [9.17, 15) is 14.7 Å². The van der Waals surface area contributed by atoms with Crippen molar-refractivity contribution in [1.29, 1.82) is 0 Å². The van der Waals surface area contributed by atoms with Crippen molar-refractivity contribution >= 4 is 33.4 Å². The number of aryl methyl sites for hydroxylation is 1. The average Bonchev–Trinajstić information content (AvgIpc) is 3.39. The van der Waals surface area contributed by atoms with Gasteiger partial charge in [-0.15, -0.1) is 11.3 Å². The lowest BCUT2D eigenvalue weighted by Gasteiger charge is -2.22. The monoisotopic (exact) mass is 435 g/mol. The molecule has 4 aromatic rings. The first kappa shape index (κ1) is 20.7. The minimum Gasteiger partial charge on any atom is -0.381 e. The summed E-state index contributed by atoms with van der Waals surface area (Å²) < 4.78 is 2.48. The molecule has 0 spiro atoms. The minimum atomic E-state index is -1.53. The van der Waals surface area contributed by atoms with E-state index in [0.717, 1.165) is 21.3 Å². The van der Waals surface area contributed by atoms with E-state index in [4.69, 9.17) is 5.73 Å². The maximum atomic E-state index is 13.2. The molecule has 0 radical (unpaired) electrons. The Kier molecular flexibility index (Phi) is 5.79. The van der Waals surface area contributed by atoms with Gasteiger partial charge in [0, 0.05) is 18.8 Å². The molecule has 0 bridgehead atoms. The third-order valence-electron chi connectivity index (χ3n) is 4.97. The fraction of sp³-hybridized carbons (Fsp3) is 0.182. The van der Waals surface area contributed by atoms with Crippen LogP contribution in [0.3, 0.4) is 0 Å². The summed E-state index contributed by atoms with van der Waals surface area (Å²) in [6.45, 7) is 0. The summed E-state index contributed by atoms with van der Waals surface area (Å²) in [6, 6.07) is 14.0. The SMILES string of the molecule is Cn1cc(C(=O)NC(Cc2ccccc2)C(O)C(N)=O)c(-c2cccc3ncsc23)n1. The van der Waals surface area contributed by atoms with E-state index in [2.05, 4.69) is 15.4 Å². The highest BCUT2D eigenvalue weighted by Crippen LogP contribution is 2.32. The van der Waals surface area contributed by atoms with Gasteiger partial charge < -0.3 is 16.2 Å². The summed E-state index contributed by atoms with van der Waals surface area (Å²) in [5.74, 6) is -1.35. The molecule has 0 saturated heterocycles. The number of aromatic nitrogens is 3. The Hall–Kier alpha value is -3.56. The van der Waals surface area contributed by atoms with Gasteiger partial charge in [0.25, 0.3) is 5.91 Å². The van der Waals surface area contributed by atoms with Crippen LogP contribution in [0.15, 0.2) is 60.2 Å². The number of aliphatic hydroxyl groups excluding tert-OH is 1. The quantitative estimate of drug-likeness (QED) is 0.409. The van der Waals surface area contributed by atoms with E-state index in [1.54, 1.807) is 23.4 Å². The number of nitrogens with zero attached hydrogens (tertiary/aromatic N) is 3. The molecule has 2 aromatic heterocycles. The Morgan fingerprint density at radius 1 is 1.19 bits per heavy atom. The molecule has 158 valence electrons. The van der Waals surface area contributed by atoms with E-state index in [-0.39, 0.29) is 6.42 Å². The van der Waals surface area contributed by atoms with Gasteiger partial charge >= 0.3 is 0 Å². The van der Waals surface area contributed by atoms with Crippen LogP contribution in [0.1, 0.15) is 15.9 Å². The van der Waals surface area contributed by atoms with Crippen molar-refractivity contribution in [2.75, 3.05) is 0 Å². The molecule has 31 heavy (non-hydrogen) atoms. The van der Waals surface area contributed by atoms with Crippen molar-refractivity contribution in [3.8, 4) is 11.3 Å². The molecule has 2 amide bonds. The van der Waals surface area contributed by atoms with Gasteiger partial charge in [0.05, 0.1) is 27.3 Å². The summed E-state index contributed by atoms with van der Waals surface area (Å²) in [5.41, 5.74) is 10.4. The van der Waals surface area contributed by atoms with Gasteiger partial charge in [-0.05, 0) is 18.1 Å². The second-order valence-corrected chi connectivity index (χ2v) is 8.04. The number of nitrogens with two attached hydrogens (primary N) is 1. The normalized spacial score (nSPS) is 13.1. The number of fused-ring (bicyclic) bond motifs is 1. The minimum absolute atomic E-state index is 0.247. The fourth-order valence-corrected chi connectivity index (χ4v) is 4.29. The lowest BCUT2D eigenvalue weighted by Crippen LogP contribution is -2.50. The highest BCUT2D eigenvalue weighted by molar-refractivity contribution is 7.17. The molecule has 0 aliphatic rings. The highest BCUT2D eigenvalue weighted by atomic mass is 32.1. The summed E-state index contributed by atoms with van der Waals surface area (Å²) in [5, 5.41) is 17.6. The Balaban J connectivity index is 1.67. The lowest BCUT2D eigenvalue weighted by molar-refractivity contribution is -0.127.